The minimum atomic E-state index is -1.41. The van der Waals surface area contributed by atoms with E-state index in [1.54, 1.807) is 17.1 Å². The van der Waals surface area contributed by atoms with Crippen LogP contribution in [0.2, 0.25) is 0 Å². The monoisotopic (exact) mass is 698 g/mol. The van der Waals surface area contributed by atoms with Crippen LogP contribution in [0.3, 0.4) is 0 Å². The highest BCUT2D eigenvalue weighted by molar-refractivity contribution is 6.00. The predicted molar refractivity (Wildman–Crippen MR) is 186 cm³/mol. The molecule has 3 saturated heterocycles. The summed E-state index contributed by atoms with van der Waals surface area (Å²) in [6, 6.07) is 16.3. The Morgan fingerprint density at radius 3 is 2.41 bits per heavy atom. The molecule has 0 radical (unpaired) electrons. The number of carbonyl (C=O) groups excluding carboxylic acids is 4. The number of rotatable bonds is 8. The summed E-state index contributed by atoms with van der Waals surface area (Å²) in [4.78, 5) is 62.5. The van der Waals surface area contributed by atoms with Crippen LogP contribution in [0.4, 0.5) is 0 Å². The van der Waals surface area contributed by atoms with E-state index < -0.39 is 59.5 Å². The standard InChI is InChI=1S/C39H46N4O8/c44-25-29(24-27-10-4-1-5-11-27)43-35-38(48)42(19-18-41-20-22-49-23-21-41)17-9-3-8-14-32(45)50-26-30(28-12-6-2-7-13-28)40-36(46)33-31-15-16-39(35,51-31)34(33)37(43)47/h1-7,9-13,15-16,29-31,33-35,44H,8,14,17-26H2,(H,40,46)/b9-3-/t29-,30+,31+,33-,34-,35+,39-/m1/s1. The molecule has 3 amide bonds. The number of morpholine rings is 1. The highest BCUT2D eigenvalue weighted by Gasteiger charge is 2.73. The molecule has 5 aliphatic rings. The van der Waals surface area contributed by atoms with Gasteiger partial charge in [-0.2, -0.15) is 0 Å². The van der Waals surface area contributed by atoms with E-state index in [1.807, 2.05) is 72.8 Å². The maximum atomic E-state index is 15.1. The fraction of sp³-hybridized carbons (Fsp3) is 0.487. The summed E-state index contributed by atoms with van der Waals surface area (Å²) in [6.07, 6.45) is 7.44. The lowest BCUT2D eigenvalue weighted by Gasteiger charge is -2.39. The molecule has 12 nitrogen and oxygen atoms in total. The summed E-state index contributed by atoms with van der Waals surface area (Å²) in [5.74, 6) is -3.49. The summed E-state index contributed by atoms with van der Waals surface area (Å²) in [6.45, 7) is 3.49. The molecule has 5 heterocycles. The summed E-state index contributed by atoms with van der Waals surface area (Å²) < 4.78 is 17.8. The zero-order valence-electron chi connectivity index (χ0n) is 28.7. The number of esters is 1. The fourth-order valence-electron chi connectivity index (χ4n) is 8.21. The Bertz CT molecular complexity index is 1630. The molecule has 7 atom stereocenters. The maximum Gasteiger partial charge on any atom is 0.306 e. The average molecular weight is 699 g/mol. The molecule has 5 aliphatic heterocycles. The van der Waals surface area contributed by atoms with Crippen molar-refractivity contribution >= 4 is 23.7 Å². The van der Waals surface area contributed by atoms with Gasteiger partial charge in [-0.05, 0) is 24.0 Å². The van der Waals surface area contributed by atoms with Crippen LogP contribution in [0.1, 0.15) is 30.0 Å². The first-order chi connectivity index (χ1) is 24.9. The maximum absolute atomic E-state index is 15.1. The number of aliphatic hydroxyl groups is 1. The van der Waals surface area contributed by atoms with Gasteiger partial charge in [0.05, 0.1) is 49.8 Å². The van der Waals surface area contributed by atoms with Crippen LogP contribution in [0.15, 0.2) is 85.0 Å². The summed E-state index contributed by atoms with van der Waals surface area (Å²) >= 11 is 0. The molecular formula is C39H46N4O8. The second-order valence-electron chi connectivity index (χ2n) is 13.9. The number of aliphatic hydroxyl groups excluding tert-OH is 1. The Kier molecular flexibility index (Phi) is 10.6. The quantitative estimate of drug-likeness (QED) is 0.312. The van der Waals surface area contributed by atoms with Crippen molar-refractivity contribution in [2.24, 2.45) is 11.8 Å². The molecule has 270 valence electrons. The molecule has 3 fully saturated rings. The number of likely N-dealkylation sites (tertiary alicyclic amines) is 1. The van der Waals surface area contributed by atoms with Crippen LogP contribution in [0.5, 0.6) is 0 Å². The summed E-state index contributed by atoms with van der Waals surface area (Å²) in [7, 11) is 0. The van der Waals surface area contributed by atoms with Gasteiger partial charge in [-0.15, -0.1) is 0 Å². The van der Waals surface area contributed by atoms with Crippen LogP contribution in [-0.2, 0) is 39.8 Å². The van der Waals surface area contributed by atoms with Gasteiger partial charge >= 0.3 is 5.97 Å². The van der Waals surface area contributed by atoms with Gasteiger partial charge in [0.15, 0.2) is 0 Å². The van der Waals surface area contributed by atoms with Crippen LogP contribution in [0, 0.1) is 11.8 Å². The molecule has 2 aromatic rings. The van der Waals surface area contributed by atoms with Crippen molar-refractivity contribution in [1.29, 1.82) is 0 Å². The minimum absolute atomic E-state index is 0.0810. The molecular weight excluding hydrogens is 652 g/mol. The number of carbonyl (C=O) groups is 4. The molecule has 0 aromatic heterocycles. The van der Waals surface area contributed by atoms with E-state index in [2.05, 4.69) is 10.2 Å². The Morgan fingerprint density at radius 1 is 0.922 bits per heavy atom. The first kappa shape index (κ1) is 35.1. The van der Waals surface area contributed by atoms with Crippen LogP contribution in [0.25, 0.3) is 0 Å². The van der Waals surface area contributed by atoms with Crippen LogP contribution < -0.4 is 5.32 Å². The molecule has 2 aromatic carbocycles. The van der Waals surface area contributed by atoms with Gasteiger partial charge in [0.25, 0.3) is 0 Å². The van der Waals surface area contributed by atoms with E-state index in [1.165, 1.54) is 4.90 Å². The third kappa shape index (κ3) is 7.10. The van der Waals surface area contributed by atoms with Crippen molar-refractivity contribution in [3.05, 3.63) is 96.1 Å². The van der Waals surface area contributed by atoms with Crippen LogP contribution >= 0.6 is 0 Å². The van der Waals surface area contributed by atoms with E-state index >= 15 is 4.79 Å². The Balaban J connectivity index is 1.27. The second-order valence-corrected chi connectivity index (χ2v) is 13.9. The number of hydrogen-bond donors (Lipinski definition) is 2. The zero-order valence-corrected chi connectivity index (χ0v) is 28.7. The van der Waals surface area contributed by atoms with Crippen molar-refractivity contribution in [3.8, 4) is 0 Å². The topological polar surface area (TPSA) is 138 Å². The van der Waals surface area contributed by atoms with Gasteiger partial charge in [0.2, 0.25) is 17.7 Å². The molecule has 5 bridgehead atoms. The predicted octanol–water partition coefficient (Wildman–Crippen LogP) is 1.65. The van der Waals surface area contributed by atoms with E-state index in [0.717, 1.165) is 24.2 Å². The molecule has 0 saturated carbocycles. The van der Waals surface area contributed by atoms with Crippen molar-refractivity contribution in [1.82, 2.24) is 20.0 Å². The van der Waals surface area contributed by atoms with Gasteiger partial charge in [-0.1, -0.05) is 85.0 Å². The average Bonchev–Trinajstić information content (AvgIpc) is 3.81. The molecule has 7 rings (SSSR count). The number of hydrogen-bond acceptors (Lipinski definition) is 9. The molecule has 1 spiro atoms. The van der Waals surface area contributed by atoms with Crippen molar-refractivity contribution in [3.63, 3.8) is 0 Å². The SMILES string of the molecule is O=C1CC/C=C\CN(CCN2CCOCC2)C(=O)[C@@H]2N([C@@H](CO)Cc3ccccc3)C(=O)[C@H]3[C@H](C(=O)N[C@H](c4ccccc4)CO1)[C@@H]1C=C[C@]23O1. The van der Waals surface area contributed by atoms with Gasteiger partial charge in [0, 0.05) is 39.1 Å². The lowest BCUT2D eigenvalue weighted by molar-refractivity contribution is -0.150. The summed E-state index contributed by atoms with van der Waals surface area (Å²) in [5.41, 5.74) is 0.244. The van der Waals surface area contributed by atoms with Gasteiger partial charge in [-0.25, -0.2) is 0 Å². The Labute approximate surface area is 298 Å². The number of cyclic esters (lactones) is 1. The molecule has 0 aliphatic carbocycles. The van der Waals surface area contributed by atoms with Crippen molar-refractivity contribution in [2.45, 2.75) is 49.1 Å². The van der Waals surface area contributed by atoms with E-state index in [9.17, 15) is 19.5 Å². The highest BCUT2D eigenvalue weighted by Crippen LogP contribution is 2.56. The van der Waals surface area contributed by atoms with Gasteiger partial charge in [-0.3, -0.25) is 24.1 Å². The third-order valence-electron chi connectivity index (χ3n) is 10.8. The Morgan fingerprint density at radius 2 is 1.67 bits per heavy atom. The highest BCUT2D eigenvalue weighted by atomic mass is 16.5. The van der Waals surface area contributed by atoms with Gasteiger partial charge in [0.1, 0.15) is 18.2 Å². The molecule has 0 unspecified atom stereocenters. The second kappa shape index (κ2) is 15.5. The smallest absolute Gasteiger partial charge is 0.306 e. The van der Waals surface area contributed by atoms with E-state index in [0.29, 0.717) is 39.1 Å². The zero-order chi connectivity index (χ0) is 35.4. The number of fused-ring (bicyclic) bond motifs is 2. The number of allylic oxidation sites excluding steroid dienone is 1. The molecule has 2 N–H and O–H groups in total. The minimum Gasteiger partial charge on any atom is -0.463 e. The number of amides is 3. The number of nitrogens with zero attached hydrogens (tertiary/aromatic N) is 3. The summed E-state index contributed by atoms with van der Waals surface area (Å²) in [5, 5.41) is 13.9. The fourth-order valence-corrected chi connectivity index (χ4v) is 8.21. The number of nitrogens with one attached hydrogen (secondary N) is 1. The number of benzene rings is 2. The van der Waals surface area contributed by atoms with E-state index in [-0.39, 0.29) is 32.1 Å². The normalized spacial score (nSPS) is 31.4. The van der Waals surface area contributed by atoms with Crippen LogP contribution in [-0.4, -0.2) is 126 Å². The third-order valence-corrected chi connectivity index (χ3v) is 10.8. The Hall–Kier alpha value is -4.36. The first-order valence-corrected chi connectivity index (χ1v) is 18.0. The van der Waals surface area contributed by atoms with Gasteiger partial charge < -0.3 is 34.4 Å². The van der Waals surface area contributed by atoms with Crippen molar-refractivity contribution < 1.29 is 38.5 Å². The van der Waals surface area contributed by atoms with E-state index in [4.69, 9.17) is 14.2 Å². The lowest BCUT2D eigenvalue weighted by atomic mass is 9.74. The first-order valence-electron chi connectivity index (χ1n) is 18.0. The molecule has 51 heavy (non-hydrogen) atoms. The largest absolute Gasteiger partial charge is 0.463 e. The lowest BCUT2D eigenvalue weighted by Crippen LogP contribution is -2.59. The number of ether oxygens (including phenoxy) is 3. The molecule has 12 heteroatoms. The van der Waals surface area contributed by atoms with Crippen molar-refractivity contribution in [2.75, 3.05) is 59.2 Å².